The molecule has 2 aromatic rings. The summed E-state index contributed by atoms with van der Waals surface area (Å²) in [4.78, 5) is 2.65. The van der Waals surface area contributed by atoms with Crippen LogP contribution in [0.1, 0.15) is 44.2 Å². The van der Waals surface area contributed by atoms with Crippen molar-refractivity contribution in [1.29, 1.82) is 0 Å². The van der Waals surface area contributed by atoms with E-state index in [9.17, 15) is 4.39 Å². The number of hydrogen-bond donors (Lipinski definition) is 0. The maximum absolute atomic E-state index is 14.2. The Morgan fingerprint density at radius 2 is 1.67 bits per heavy atom. The molecule has 3 rings (SSSR count). The van der Waals surface area contributed by atoms with Gasteiger partial charge in [0.15, 0.2) is 0 Å². The van der Waals surface area contributed by atoms with Crippen molar-refractivity contribution in [2.75, 3.05) is 13.1 Å². The van der Waals surface area contributed by atoms with Gasteiger partial charge in [-0.25, -0.2) is 4.39 Å². The first kappa shape index (κ1) is 17.2. The number of halogens is 1. The van der Waals surface area contributed by atoms with Gasteiger partial charge in [-0.3, -0.25) is 0 Å². The van der Waals surface area contributed by atoms with Gasteiger partial charge in [0.05, 0.1) is 0 Å². The molecule has 1 aliphatic rings. The molecule has 0 spiro atoms. The predicted molar refractivity (Wildman–Crippen MR) is 99.8 cm³/mol. The Bertz CT molecular complexity index is 673. The summed E-state index contributed by atoms with van der Waals surface area (Å²) >= 11 is 0. The van der Waals surface area contributed by atoms with Crippen molar-refractivity contribution in [2.45, 2.75) is 52.0 Å². The third kappa shape index (κ3) is 3.54. The van der Waals surface area contributed by atoms with E-state index in [2.05, 4.69) is 36.9 Å². The van der Waals surface area contributed by atoms with Crippen molar-refractivity contribution in [1.82, 2.24) is 4.90 Å². The quantitative estimate of drug-likeness (QED) is 0.680. The maximum Gasteiger partial charge on any atom is 0.131 e. The second kappa shape index (κ2) is 7.94. The maximum atomic E-state index is 14.2. The summed E-state index contributed by atoms with van der Waals surface area (Å²) in [6.45, 7) is 6.88. The van der Waals surface area contributed by atoms with E-state index < -0.39 is 0 Å². The normalized spacial score (nSPS) is 17.1. The first-order chi connectivity index (χ1) is 11.7. The van der Waals surface area contributed by atoms with Gasteiger partial charge < -0.3 is 4.90 Å². The van der Waals surface area contributed by atoms with Gasteiger partial charge >= 0.3 is 0 Å². The van der Waals surface area contributed by atoms with E-state index in [-0.39, 0.29) is 5.82 Å². The first-order valence-corrected chi connectivity index (χ1v) is 9.34. The Morgan fingerprint density at radius 3 is 2.38 bits per heavy atom. The zero-order valence-corrected chi connectivity index (χ0v) is 14.9. The lowest BCUT2D eigenvalue weighted by Crippen LogP contribution is -2.40. The lowest BCUT2D eigenvalue weighted by Gasteiger charge is -2.35. The minimum atomic E-state index is -0.119. The van der Waals surface area contributed by atoms with Crippen molar-refractivity contribution in [3.05, 3.63) is 59.4 Å². The predicted octanol–water partition coefficient (Wildman–Crippen LogP) is 5.47. The second-order valence-electron chi connectivity index (χ2n) is 6.86. The number of rotatable bonds is 6. The monoisotopic (exact) mass is 325 g/mol. The average Bonchev–Trinajstić information content (AvgIpc) is 2.61. The molecule has 0 fully saturated rings. The van der Waals surface area contributed by atoms with Gasteiger partial charge in [-0.05, 0) is 68.0 Å². The average molecular weight is 325 g/mol. The van der Waals surface area contributed by atoms with E-state index in [1.165, 1.54) is 43.5 Å². The van der Waals surface area contributed by atoms with Crippen LogP contribution in [-0.4, -0.2) is 24.0 Å². The van der Waals surface area contributed by atoms with Crippen molar-refractivity contribution in [3.8, 4) is 11.1 Å². The van der Waals surface area contributed by atoms with Gasteiger partial charge in [-0.15, -0.1) is 0 Å². The summed E-state index contributed by atoms with van der Waals surface area (Å²) in [7, 11) is 0. The number of nitrogens with zero attached hydrogens (tertiary/aromatic N) is 1. The van der Waals surface area contributed by atoms with Crippen LogP contribution in [0, 0.1) is 5.82 Å². The van der Waals surface area contributed by atoms with Crippen LogP contribution in [0.15, 0.2) is 42.5 Å². The summed E-state index contributed by atoms with van der Waals surface area (Å²) < 4.78 is 14.2. The van der Waals surface area contributed by atoms with Crippen molar-refractivity contribution >= 4 is 0 Å². The topological polar surface area (TPSA) is 3.24 Å². The summed E-state index contributed by atoms with van der Waals surface area (Å²) in [5, 5.41) is 0. The van der Waals surface area contributed by atoms with Crippen LogP contribution < -0.4 is 0 Å². The minimum Gasteiger partial charge on any atom is -0.300 e. The summed E-state index contributed by atoms with van der Waals surface area (Å²) in [5.74, 6) is -0.119. The Morgan fingerprint density at radius 1 is 0.958 bits per heavy atom. The second-order valence-corrected chi connectivity index (χ2v) is 6.86. The first-order valence-electron chi connectivity index (χ1n) is 9.34. The lowest BCUT2D eigenvalue weighted by molar-refractivity contribution is 0.180. The standard InChI is InChI=1S/C22H28FN/c1-3-14-24(15-4-2)18-12-13-19-17(16-18)8-7-10-20(19)21-9-5-6-11-22(21)23/h5-11,18H,3-4,12-16H2,1-2H3. The lowest BCUT2D eigenvalue weighted by atomic mass is 9.83. The van der Waals surface area contributed by atoms with Crippen molar-refractivity contribution in [3.63, 3.8) is 0 Å². The Balaban J connectivity index is 1.89. The molecule has 0 N–H and O–H groups in total. The molecule has 0 amide bonds. The van der Waals surface area contributed by atoms with Gasteiger partial charge in [0, 0.05) is 11.6 Å². The van der Waals surface area contributed by atoms with Gasteiger partial charge in [-0.2, -0.15) is 0 Å². The van der Waals surface area contributed by atoms with E-state index >= 15 is 0 Å². The molecule has 24 heavy (non-hydrogen) atoms. The molecule has 0 aliphatic heterocycles. The Hall–Kier alpha value is -1.67. The summed E-state index contributed by atoms with van der Waals surface area (Å²) in [6, 6.07) is 14.2. The van der Waals surface area contributed by atoms with Crippen LogP contribution in [0.2, 0.25) is 0 Å². The highest BCUT2D eigenvalue weighted by Crippen LogP contribution is 2.34. The molecular weight excluding hydrogens is 297 g/mol. The molecule has 1 unspecified atom stereocenters. The molecule has 1 atom stereocenters. The fourth-order valence-electron chi connectivity index (χ4n) is 4.08. The summed E-state index contributed by atoms with van der Waals surface area (Å²) in [5.41, 5.74) is 4.59. The number of fused-ring (bicyclic) bond motifs is 1. The van der Waals surface area contributed by atoms with E-state index in [4.69, 9.17) is 0 Å². The summed E-state index contributed by atoms with van der Waals surface area (Å²) in [6.07, 6.45) is 5.74. The van der Waals surface area contributed by atoms with E-state index in [0.717, 1.165) is 24.0 Å². The van der Waals surface area contributed by atoms with Crippen LogP contribution in [0.5, 0.6) is 0 Å². The highest BCUT2D eigenvalue weighted by Gasteiger charge is 2.25. The van der Waals surface area contributed by atoms with Crippen LogP contribution >= 0.6 is 0 Å². The smallest absolute Gasteiger partial charge is 0.131 e. The molecule has 0 aromatic heterocycles. The van der Waals surface area contributed by atoms with E-state index in [1.807, 2.05) is 12.1 Å². The van der Waals surface area contributed by atoms with E-state index in [0.29, 0.717) is 6.04 Å². The number of benzene rings is 2. The largest absolute Gasteiger partial charge is 0.300 e. The van der Waals surface area contributed by atoms with Gasteiger partial charge in [0.2, 0.25) is 0 Å². The molecule has 1 nitrogen and oxygen atoms in total. The van der Waals surface area contributed by atoms with Crippen molar-refractivity contribution < 1.29 is 4.39 Å². The molecule has 0 bridgehead atoms. The Labute approximate surface area is 145 Å². The number of hydrogen-bond acceptors (Lipinski definition) is 1. The Kier molecular flexibility index (Phi) is 5.68. The molecule has 128 valence electrons. The van der Waals surface area contributed by atoms with Crippen LogP contribution in [0.25, 0.3) is 11.1 Å². The highest BCUT2D eigenvalue weighted by atomic mass is 19.1. The van der Waals surface area contributed by atoms with Crippen LogP contribution in [-0.2, 0) is 12.8 Å². The highest BCUT2D eigenvalue weighted by molar-refractivity contribution is 5.69. The SMILES string of the molecule is CCCN(CCC)C1CCc2c(cccc2-c2ccccc2F)C1. The third-order valence-corrected chi connectivity index (χ3v) is 5.16. The van der Waals surface area contributed by atoms with Gasteiger partial charge in [0.25, 0.3) is 0 Å². The zero-order valence-electron chi connectivity index (χ0n) is 14.9. The molecule has 0 radical (unpaired) electrons. The van der Waals surface area contributed by atoms with Gasteiger partial charge in [-0.1, -0.05) is 50.2 Å². The third-order valence-electron chi connectivity index (χ3n) is 5.16. The minimum absolute atomic E-state index is 0.119. The molecule has 0 saturated carbocycles. The van der Waals surface area contributed by atoms with Crippen molar-refractivity contribution in [2.24, 2.45) is 0 Å². The molecule has 1 aliphatic carbocycles. The fraction of sp³-hybridized carbons (Fsp3) is 0.455. The molecular formula is C22H28FN. The molecule has 0 heterocycles. The zero-order chi connectivity index (χ0) is 16.9. The molecule has 2 heteroatoms. The molecule has 0 saturated heterocycles. The fourth-order valence-corrected chi connectivity index (χ4v) is 4.08. The molecule has 2 aromatic carbocycles. The van der Waals surface area contributed by atoms with Crippen LogP contribution in [0.3, 0.4) is 0 Å². The van der Waals surface area contributed by atoms with E-state index in [1.54, 1.807) is 12.1 Å². The van der Waals surface area contributed by atoms with Crippen LogP contribution in [0.4, 0.5) is 4.39 Å². The van der Waals surface area contributed by atoms with Gasteiger partial charge in [0.1, 0.15) is 5.82 Å².